The minimum Gasteiger partial charge on any atom is -0.345 e. The summed E-state index contributed by atoms with van der Waals surface area (Å²) < 4.78 is 0. The quantitative estimate of drug-likeness (QED) is 0.611. The standard InChI is InChI=1S/C15H25N3O2/c1-9(2)12-7-4-10(3)8-13(12)17-18-15(20)14(19)16-11-5-6-11/h9-12H,4-8H2,1-3H3,(H,16,19)(H,18,20)/t10-,12-/m1/s1. The van der Waals surface area contributed by atoms with Crippen LogP contribution in [0.15, 0.2) is 5.10 Å². The number of amides is 2. The minimum atomic E-state index is -0.648. The van der Waals surface area contributed by atoms with Crippen molar-refractivity contribution in [3.05, 3.63) is 0 Å². The summed E-state index contributed by atoms with van der Waals surface area (Å²) in [6.45, 7) is 6.56. The van der Waals surface area contributed by atoms with Gasteiger partial charge in [0.1, 0.15) is 0 Å². The maximum atomic E-state index is 11.7. The molecule has 20 heavy (non-hydrogen) atoms. The van der Waals surface area contributed by atoms with Crippen LogP contribution >= 0.6 is 0 Å². The van der Waals surface area contributed by atoms with Gasteiger partial charge in [-0.3, -0.25) is 9.59 Å². The Morgan fingerprint density at radius 2 is 1.85 bits per heavy atom. The fraction of sp³-hybridized carbons (Fsp3) is 0.800. The first-order chi connectivity index (χ1) is 9.47. The Balaban J connectivity index is 1.92. The van der Waals surface area contributed by atoms with Crippen LogP contribution in [0.5, 0.6) is 0 Å². The van der Waals surface area contributed by atoms with Crippen LogP contribution in [0.4, 0.5) is 0 Å². The number of rotatable bonds is 3. The van der Waals surface area contributed by atoms with Crippen LogP contribution < -0.4 is 10.7 Å². The maximum absolute atomic E-state index is 11.7. The second-order valence-corrected chi connectivity index (χ2v) is 6.53. The molecule has 0 heterocycles. The van der Waals surface area contributed by atoms with E-state index in [0.29, 0.717) is 17.8 Å². The number of nitrogens with one attached hydrogen (secondary N) is 2. The number of carbonyl (C=O) groups excluding carboxylic acids is 2. The zero-order valence-corrected chi connectivity index (χ0v) is 12.6. The summed E-state index contributed by atoms with van der Waals surface area (Å²) >= 11 is 0. The van der Waals surface area contributed by atoms with Gasteiger partial charge in [0.15, 0.2) is 0 Å². The van der Waals surface area contributed by atoms with E-state index in [1.807, 2.05) is 0 Å². The molecule has 0 aromatic carbocycles. The number of hydrogen-bond donors (Lipinski definition) is 2. The lowest BCUT2D eigenvalue weighted by Crippen LogP contribution is -2.40. The first-order valence-corrected chi connectivity index (χ1v) is 7.64. The van der Waals surface area contributed by atoms with Gasteiger partial charge in [-0.25, -0.2) is 5.43 Å². The molecule has 5 nitrogen and oxygen atoms in total. The highest BCUT2D eigenvalue weighted by Gasteiger charge is 2.29. The molecule has 5 heteroatoms. The Kier molecular flexibility index (Phi) is 4.78. The van der Waals surface area contributed by atoms with Gasteiger partial charge in [0.2, 0.25) is 0 Å². The van der Waals surface area contributed by atoms with Gasteiger partial charge in [-0.1, -0.05) is 20.8 Å². The number of nitrogens with zero attached hydrogens (tertiary/aromatic N) is 1. The molecule has 2 amide bonds. The van der Waals surface area contributed by atoms with E-state index in [4.69, 9.17) is 0 Å². The monoisotopic (exact) mass is 279 g/mol. The van der Waals surface area contributed by atoms with Crippen LogP contribution in [0.25, 0.3) is 0 Å². The molecule has 0 unspecified atom stereocenters. The molecular formula is C15H25N3O2. The molecule has 0 saturated heterocycles. The molecule has 2 saturated carbocycles. The van der Waals surface area contributed by atoms with Gasteiger partial charge in [-0.15, -0.1) is 0 Å². The predicted molar refractivity (Wildman–Crippen MR) is 78.1 cm³/mol. The zero-order chi connectivity index (χ0) is 14.7. The molecule has 2 fully saturated rings. The molecule has 0 radical (unpaired) electrons. The molecule has 2 N–H and O–H groups in total. The highest BCUT2D eigenvalue weighted by molar-refractivity contribution is 6.35. The minimum absolute atomic E-state index is 0.194. The average Bonchev–Trinajstić information content (AvgIpc) is 3.19. The van der Waals surface area contributed by atoms with Crippen molar-refractivity contribution in [2.24, 2.45) is 22.9 Å². The fourth-order valence-corrected chi connectivity index (χ4v) is 2.74. The molecular weight excluding hydrogens is 254 g/mol. The number of hydrogen-bond acceptors (Lipinski definition) is 3. The van der Waals surface area contributed by atoms with Crippen molar-refractivity contribution in [1.29, 1.82) is 0 Å². The second-order valence-electron chi connectivity index (χ2n) is 6.53. The van der Waals surface area contributed by atoms with Gasteiger partial charge in [0.05, 0.1) is 0 Å². The van der Waals surface area contributed by atoms with E-state index in [0.717, 1.165) is 31.4 Å². The summed E-state index contributed by atoms with van der Waals surface area (Å²) in [5, 5.41) is 6.91. The summed E-state index contributed by atoms with van der Waals surface area (Å²) in [4.78, 5) is 23.2. The summed E-state index contributed by atoms with van der Waals surface area (Å²) in [6.07, 6.45) is 5.17. The van der Waals surface area contributed by atoms with Gasteiger partial charge in [0, 0.05) is 17.7 Å². The van der Waals surface area contributed by atoms with Crippen LogP contribution in [0.1, 0.15) is 52.9 Å². The fourth-order valence-electron chi connectivity index (χ4n) is 2.74. The van der Waals surface area contributed by atoms with Crippen molar-refractivity contribution in [1.82, 2.24) is 10.7 Å². The lowest BCUT2D eigenvalue weighted by Gasteiger charge is -2.30. The van der Waals surface area contributed by atoms with E-state index >= 15 is 0 Å². The lowest BCUT2D eigenvalue weighted by molar-refractivity contribution is -0.139. The molecule has 112 valence electrons. The third-order valence-corrected chi connectivity index (χ3v) is 4.18. The highest BCUT2D eigenvalue weighted by atomic mass is 16.2. The Hall–Kier alpha value is -1.39. The van der Waals surface area contributed by atoms with Gasteiger partial charge >= 0.3 is 11.8 Å². The van der Waals surface area contributed by atoms with Crippen molar-refractivity contribution in [2.45, 2.75) is 58.9 Å². The zero-order valence-electron chi connectivity index (χ0n) is 12.6. The van der Waals surface area contributed by atoms with Crippen molar-refractivity contribution in [3.63, 3.8) is 0 Å². The first-order valence-electron chi connectivity index (χ1n) is 7.64. The van der Waals surface area contributed by atoms with Crippen LogP contribution in [0.2, 0.25) is 0 Å². The Morgan fingerprint density at radius 3 is 2.45 bits per heavy atom. The van der Waals surface area contributed by atoms with Crippen molar-refractivity contribution >= 4 is 17.5 Å². The van der Waals surface area contributed by atoms with E-state index in [1.165, 1.54) is 6.42 Å². The summed E-state index contributed by atoms with van der Waals surface area (Å²) in [7, 11) is 0. The number of carbonyl (C=O) groups is 2. The average molecular weight is 279 g/mol. The normalized spacial score (nSPS) is 28.5. The molecule has 0 aromatic heterocycles. The van der Waals surface area contributed by atoms with Gasteiger partial charge < -0.3 is 5.32 Å². The SMILES string of the molecule is CC(C)[C@H]1CC[C@@H](C)CC1=NNC(=O)C(=O)NC1CC1. The lowest BCUT2D eigenvalue weighted by atomic mass is 9.76. The maximum Gasteiger partial charge on any atom is 0.329 e. The topological polar surface area (TPSA) is 70.6 Å². The smallest absolute Gasteiger partial charge is 0.329 e. The van der Waals surface area contributed by atoms with Gasteiger partial charge in [-0.05, 0) is 43.9 Å². The van der Waals surface area contributed by atoms with Crippen LogP contribution in [-0.2, 0) is 9.59 Å². The Morgan fingerprint density at radius 1 is 1.15 bits per heavy atom. The summed E-state index contributed by atoms with van der Waals surface area (Å²) in [5.41, 5.74) is 3.46. The molecule has 2 aliphatic carbocycles. The van der Waals surface area contributed by atoms with Gasteiger partial charge in [-0.2, -0.15) is 5.10 Å². The highest BCUT2D eigenvalue weighted by Crippen LogP contribution is 2.31. The van der Waals surface area contributed by atoms with Crippen LogP contribution in [-0.4, -0.2) is 23.6 Å². The molecule has 2 rings (SSSR count). The molecule has 0 spiro atoms. The number of hydrazone groups is 1. The predicted octanol–water partition coefficient (Wildman–Crippen LogP) is 1.83. The molecule has 2 atom stereocenters. The first kappa shape index (κ1) is 15.0. The third kappa shape index (κ3) is 4.05. The molecule has 0 aromatic rings. The second kappa shape index (κ2) is 6.37. The van der Waals surface area contributed by atoms with Crippen molar-refractivity contribution in [3.8, 4) is 0 Å². The van der Waals surface area contributed by atoms with Crippen molar-refractivity contribution < 1.29 is 9.59 Å². The van der Waals surface area contributed by atoms with Crippen LogP contribution in [0, 0.1) is 17.8 Å². The molecule has 2 aliphatic rings. The molecule has 0 aliphatic heterocycles. The Bertz CT molecular complexity index is 413. The van der Waals surface area contributed by atoms with E-state index in [-0.39, 0.29) is 6.04 Å². The summed E-state index contributed by atoms with van der Waals surface area (Å²) in [5.74, 6) is 0.310. The van der Waals surface area contributed by atoms with E-state index in [1.54, 1.807) is 0 Å². The summed E-state index contributed by atoms with van der Waals surface area (Å²) in [6, 6.07) is 0.194. The largest absolute Gasteiger partial charge is 0.345 e. The van der Waals surface area contributed by atoms with E-state index in [9.17, 15) is 9.59 Å². The van der Waals surface area contributed by atoms with Crippen molar-refractivity contribution in [2.75, 3.05) is 0 Å². The van der Waals surface area contributed by atoms with E-state index in [2.05, 4.69) is 36.6 Å². The third-order valence-electron chi connectivity index (χ3n) is 4.18. The van der Waals surface area contributed by atoms with Gasteiger partial charge in [0.25, 0.3) is 0 Å². The van der Waals surface area contributed by atoms with Crippen LogP contribution in [0.3, 0.4) is 0 Å². The van der Waals surface area contributed by atoms with E-state index < -0.39 is 11.8 Å². The molecule has 0 bridgehead atoms. The Labute approximate surface area is 120 Å².